The Bertz CT molecular complexity index is 711. The van der Waals surface area contributed by atoms with Crippen molar-refractivity contribution < 1.29 is 33.7 Å². The number of esters is 3. The highest BCUT2D eigenvalue weighted by Crippen LogP contribution is 2.62. The zero-order chi connectivity index (χ0) is 19.5. The highest BCUT2D eigenvalue weighted by Gasteiger charge is 2.69. The molecule has 5 atom stereocenters. The SMILES string of the molecule is CC(=O)O[C@@H]1CC[C@H](C)[C@@]2(C)CC3=C(C)C(=O)O[C@]3(OC(C)=O)C[C@]12O. The Kier molecular flexibility index (Phi) is 4.22. The summed E-state index contributed by atoms with van der Waals surface area (Å²) in [4.78, 5) is 35.6. The molecule has 3 aliphatic rings. The van der Waals surface area contributed by atoms with Crippen LogP contribution in [0.25, 0.3) is 0 Å². The number of aliphatic hydroxyl groups is 1. The molecule has 0 bridgehead atoms. The number of hydrogen-bond donors (Lipinski definition) is 1. The summed E-state index contributed by atoms with van der Waals surface area (Å²) in [6.45, 7) is 8.16. The van der Waals surface area contributed by atoms with Crippen molar-refractivity contribution in [1.29, 1.82) is 0 Å². The molecule has 2 saturated carbocycles. The molecule has 26 heavy (non-hydrogen) atoms. The van der Waals surface area contributed by atoms with E-state index in [2.05, 4.69) is 0 Å². The summed E-state index contributed by atoms with van der Waals surface area (Å²) >= 11 is 0. The van der Waals surface area contributed by atoms with Gasteiger partial charge in [0.15, 0.2) is 0 Å². The summed E-state index contributed by atoms with van der Waals surface area (Å²) in [6, 6.07) is 0. The zero-order valence-corrected chi connectivity index (χ0v) is 15.9. The van der Waals surface area contributed by atoms with Crippen molar-refractivity contribution in [2.24, 2.45) is 11.3 Å². The number of rotatable bonds is 2. The zero-order valence-electron chi connectivity index (χ0n) is 15.9. The van der Waals surface area contributed by atoms with Crippen LogP contribution in [0.1, 0.15) is 60.3 Å². The second kappa shape index (κ2) is 5.81. The highest BCUT2D eigenvalue weighted by molar-refractivity contribution is 5.92. The van der Waals surface area contributed by atoms with Crippen LogP contribution < -0.4 is 0 Å². The second-order valence-corrected chi connectivity index (χ2v) is 8.11. The van der Waals surface area contributed by atoms with Gasteiger partial charge in [-0.15, -0.1) is 0 Å². The van der Waals surface area contributed by atoms with E-state index in [1.54, 1.807) is 6.92 Å². The fraction of sp³-hybridized carbons (Fsp3) is 0.737. The first-order valence-electron chi connectivity index (χ1n) is 8.98. The molecular formula is C19H26O7. The lowest BCUT2D eigenvalue weighted by Gasteiger charge is -2.60. The average Bonchev–Trinajstić information content (AvgIpc) is 2.72. The Morgan fingerprint density at radius 1 is 1.23 bits per heavy atom. The maximum absolute atomic E-state index is 12.2. The number of ether oxygens (including phenoxy) is 3. The fourth-order valence-corrected chi connectivity index (χ4v) is 4.93. The van der Waals surface area contributed by atoms with Crippen molar-refractivity contribution in [2.45, 2.75) is 77.8 Å². The summed E-state index contributed by atoms with van der Waals surface area (Å²) in [5.41, 5.74) is -1.13. The molecule has 144 valence electrons. The molecule has 0 radical (unpaired) electrons. The molecule has 0 amide bonds. The van der Waals surface area contributed by atoms with Gasteiger partial charge in [-0.2, -0.15) is 0 Å². The molecule has 0 unspecified atom stereocenters. The van der Waals surface area contributed by atoms with E-state index in [0.29, 0.717) is 24.0 Å². The predicted molar refractivity (Wildman–Crippen MR) is 89.5 cm³/mol. The van der Waals surface area contributed by atoms with E-state index < -0.39 is 40.8 Å². The van der Waals surface area contributed by atoms with Crippen LogP contribution in [-0.4, -0.2) is 40.5 Å². The van der Waals surface area contributed by atoms with Gasteiger partial charge in [-0.1, -0.05) is 13.8 Å². The van der Waals surface area contributed by atoms with Gasteiger partial charge < -0.3 is 19.3 Å². The van der Waals surface area contributed by atoms with Crippen LogP contribution in [0.3, 0.4) is 0 Å². The Morgan fingerprint density at radius 2 is 1.88 bits per heavy atom. The topological polar surface area (TPSA) is 99.1 Å². The Morgan fingerprint density at radius 3 is 2.46 bits per heavy atom. The van der Waals surface area contributed by atoms with Gasteiger partial charge in [0.2, 0.25) is 0 Å². The smallest absolute Gasteiger partial charge is 0.337 e. The van der Waals surface area contributed by atoms with Crippen LogP contribution in [0, 0.1) is 11.3 Å². The van der Waals surface area contributed by atoms with Gasteiger partial charge in [-0.3, -0.25) is 9.59 Å². The van der Waals surface area contributed by atoms with Crippen molar-refractivity contribution in [3.63, 3.8) is 0 Å². The molecule has 1 aliphatic heterocycles. The van der Waals surface area contributed by atoms with Gasteiger partial charge in [0, 0.05) is 30.4 Å². The first-order chi connectivity index (χ1) is 11.9. The van der Waals surface area contributed by atoms with Gasteiger partial charge in [-0.25, -0.2) is 4.79 Å². The summed E-state index contributed by atoms with van der Waals surface area (Å²) in [6.07, 6.45) is 0.701. The third kappa shape index (κ3) is 2.47. The first-order valence-corrected chi connectivity index (χ1v) is 8.98. The van der Waals surface area contributed by atoms with Crippen LogP contribution in [-0.2, 0) is 28.6 Å². The lowest BCUT2D eigenvalue weighted by atomic mass is 9.50. The Balaban J connectivity index is 2.13. The monoisotopic (exact) mass is 366 g/mol. The normalized spacial score (nSPS) is 41.8. The van der Waals surface area contributed by atoms with Gasteiger partial charge in [0.05, 0.1) is 6.42 Å². The van der Waals surface area contributed by atoms with E-state index in [4.69, 9.17) is 14.2 Å². The maximum Gasteiger partial charge on any atom is 0.337 e. The number of carbonyl (C=O) groups excluding carboxylic acids is 3. The largest absolute Gasteiger partial charge is 0.459 e. The first kappa shape index (κ1) is 18.9. The number of fused-ring (bicyclic) bond motifs is 2. The quantitative estimate of drug-likeness (QED) is 0.746. The molecule has 1 heterocycles. The Hall–Kier alpha value is -1.89. The van der Waals surface area contributed by atoms with Crippen molar-refractivity contribution in [3.8, 4) is 0 Å². The third-order valence-electron chi connectivity index (χ3n) is 6.61. The second-order valence-electron chi connectivity index (χ2n) is 8.11. The number of hydrogen-bond acceptors (Lipinski definition) is 7. The third-order valence-corrected chi connectivity index (χ3v) is 6.61. The lowest BCUT2D eigenvalue weighted by molar-refractivity contribution is -0.282. The minimum Gasteiger partial charge on any atom is -0.459 e. The minimum atomic E-state index is -1.63. The fourth-order valence-electron chi connectivity index (χ4n) is 4.93. The minimum absolute atomic E-state index is 0.116. The maximum atomic E-state index is 12.2. The van der Waals surface area contributed by atoms with E-state index in [1.807, 2.05) is 13.8 Å². The summed E-state index contributed by atoms with van der Waals surface area (Å²) in [7, 11) is 0. The van der Waals surface area contributed by atoms with E-state index in [-0.39, 0.29) is 12.3 Å². The van der Waals surface area contributed by atoms with Crippen LogP contribution in [0.4, 0.5) is 0 Å². The van der Waals surface area contributed by atoms with Crippen LogP contribution in [0.2, 0.25) is 0 Å². The van der Waals surface area contributed by atoms with Crippen molar-refractivity contribution in [2.75, 3.05) is 0 Å². The molecule has 0 saturated heterocycles. The van der Waals surface area contributed by atoms with Crippen molar-refractivity contribution in [3.05, 3.63) is 11.1 Å². The summed E-state index contributed by atoms with van der Waals surface area (Å²) < 4.78 is 16.4. The van der Waals surface area contributed by atoms with E-state index >= 15 is 0 Å². The number of carbonyl (C=O) groups is 3. The Labute approximate surface area is 152 Å². The molecule has 0 aromatic heterocycles. The molecular weight excluding hydrogens is 340 g/mol. The molecule has 7 heteroatoms. The summed E-state index contributed by atoms with van der Waals surface area (Å²) in [5.74, 6) is -3.15. The molecule has 2 fully saturated rings. The molecule has 1 N–H and O–H groups in total. The van der Waals surface area contributed by atoms with Crippen LogP contribution >= 0.6 is 0 Å². The molecule has 7 nitrogen and oxygen atoms in total. The van der Waals surface area contributed by atoms with Gasteiger partial charge in [-0.05, 0) is 32.1 Å². The van der Waals surface area contributed by atoms with Gasteiger partial charge >= 0.3 is 17.9 Å². The molecule has 0 spiro atoms. The molecule has 2 aliphatic carbocycles. The van der Waals surface area contributed by atoms with E-state index in [1.165, 1.54) is 13.8 Å². The molecule has 3 rings (SSSR count). The van der Waals surface area contributed by atoms with Crippen LogP contribution in [0.15, 0.2) is 11.1 Å². The van der Waals surface area contributed by atoms with E-state index in [9.17, 15) is 19.5 Å². The summed E-state index contributed by atoms with van der Waals surface area (Å²) in [5, 5.41) is 11.7. The van der Waals surface area contributed by atoms with Gasteiger partial charge in [0.1, 0.15) is 11.7 Å². The lowest BCUT2D eigenvalue weighted by Crippen LogP contribution is -2.68. The average molecular weight is 366 g/mol. The van der Waals surface area contributed by atoms with Crippen molar-refractivity contribution >= 4 is 17.9 Å². The molecule has 0 aromatic carbocycles. The van der Waals surface area contributed by atoms with E-state index in [0.717, 1.165) is 6.42 Å². The van der Waals surface area contributed by atoms with Crippen LogP contribution in [0.5, 0.6) is 0 Å². The molecule has 0 aromatic rings. The highest BCUT2D eigenvalue weighted by atomic mass is 16.7. The standard InChI is InChI=1S/C19H26O7/c1-10-6-7-15(24-12(3)20)18(23)9-19(25-13(4)21)14(8-17(10,18)5)11(2)16(22)26-19/h10,15,23H,6-9H2,1-5H3/t10-,15+,17+,18-,19+/m0/s1. The van der Waals surface area contributed by atoms with Gasteiger partial charge in [0.25, 0.3) is 5.79 Å². The predicted octanol–water partition coefficient (Wildman–Crippen LogP) is 2.01. The van der Waals surface area contributed by atoms with Crippen molar-refractivity contribution in [1.82, 2.24) is 0 Å².